The van der Waals surface area contributed by atoms with E-state index in [4.69, 9.17) is 47.0 Å². The molecule has 0 aliphatic rings. The van der Waals surface area contributed by atoms with Gasteiger partial charge in [-0.15, -0.1) is 0 Å². The number of nitrogens with one attached hydrogen (secondary N) is 2. The maximum atomic E-state index is 12.8. The number of halogens is 4. The quantitative estimate of drug-likeness (QED) is 0.545. The minimum Gasteiger partial charge on any atom is -0.332 e. The van der Waals surface area contributed by atoms with Gasteiger partial charge in [0, 0.05) is 5.69 Å². The summed E-state index contributed by atoms with van der Waals surface area (Å²) in [5.74, 6) is -0.318. The third-order valence-corrected chi connectivity index (χ3v) is 3.60. The lowest BCUT2D eigenvalue weighted by Crippen LogP contribution is -2.19. The van der Waals surface area contributed by atoms with Gasteiger partial charge in [0.15, 0.2) is 5.11 Å². The fourth-order valence-electron chi connectivity index (χ4n) is 1.44. The van der Waals surface area contributed by atoms with Crippen LogP contribution >= 0.6 is 47.0 Å². The Bertz CT molecular complexity index is 647. The highest BCUT2D eigenvalue weighted by atomic mass is 35.5. The number of hydrogen-bond donors (Lipinski definition) is 2. The Labute approximate surface area is 135 Å². The molecule has 2 aromatic rings. The van der Waals surface area contributed by atoms with Crippen LogP contribution in [0.15, 0.2) is 36.4 Å². The van der Waals surface area contributed by atoms with Gasteiger partial charge in [-0.3, -0.25) is 0 Å². The van der Waals surface area contributed by atoms with Gasteiger partial charge in [0.25, 0.3) is 0 Å². The fourth-order valence-corrected chi connectivity index (χ4v) is 2.26. The smallest absolute Gasteiger partial charge is 0.175 e. The molecule has 0 amide bonds. The highest BCUT2D eigenvalue weighted by Crippen LogP contribution is 2.32. The molecule has 7 heteroatoms. The number of thiocarbonyl (C=S) groups is 1. The highest BCUT2D eigenvalue weighted by molar-refractivity contribution is 7.80. The van der Waals surface area contributed by atoms with E-state index < -0.39 is 0 Å². The van der Waals surface area contributed by atoms with Gasteiger partial charge in [0.2, 0.25) is 0 Å². The van der Waals surface area contributed by atoms with Crippen molar-refractivity contribution in [2.45, 2.75) is 0 Å². The third kappa shape index (κ3) is 3.96. The molecule has 0 unspecified atom stereocenters. The van der Waals surface area contributed by atoms with Crippen molar-refractivity contribution < 1.29 is 4.39 Å². The molecule has 2 N–H and O–H groups in total. The van der Waals surface area contributed by atoms with Gasteiger partial charge in [-0.2, -0.15) is 0 Å². The predicted molar refractivity (Wildman–Crippen MR) is 87.7 cm³/mol. The van der Waals surface area contributed by atoms with Crippen LogP contribution in [-0.4, -0.2) is 5.11 Å². The van der Waals surface area contributed by atoms with Gasteiger partial charge in [-0.1, -0.05) is 34.8 Å². The first kappa shape index (κ1) is 15.3. The maximum absolute atomic E-state index is 12.8. The van der Waals surface area contributed by atoms with Crippen molar-refractivity contribution >= 4 is 63.5 Å². The van der Waals surface area contributed by atoms with Gasteiger partial charge in [0.05, 0.1) is 20.8 Å². The van der Waals surface area contributed by atoms with Crippen molar-refractivity contribution in [2.24, 2.45) is 0 Å². The topological polar surface area (TPSA) is 24.1 Å². The summed E-state index contributed by atoms with van der Waals surface area (Å²) in [5.41, 5.74) is 1.18. The molecule has 0 aromatic heterocycles. The summed E-state index contributed by atoms with van der Waals surface area (Å²) in [6.07, 6.45) is 0. The van der Waals surface area contributed by atoms with Gasteiger partial charge in [0.1, 0.15) is 5.82 Å². The van der Waals surface area contributed by atoms with Gasteiger partial charge < -0.3 is 10.6 Å². The Balaban J connectivity index is 2.08. The largest absolute Gasteiger partial charge is 0.332 e. The van der Waals surface area contributed by atoms with E-state index in [9.17, 15) is 4.39 Å². The third-order valence-electron chi connectivity index (χ3n) is 2.36. The van der Waals surface area contributed by atoms with E-state index in [1.54, 1.807) is 18.2 Å². The van der Waals surface area contributed by atoms with Crippen molar-refractivity contribution in [2.75, 3.05) is 10.6 Å². The average Bonchev–Trinajstić information content (AvgIpc) is 2.39. The SMILES string of the molecule is Fc1ccc(NC(=S)Nc2cc(Cl)c(Cl)cc2Cl)cc1. The van der Waals surface area contributed by atoms with E-state index in [0.29, 0.717) is 31.6 Å². The highest BCUT2D eigenvalue weighted by Gasteiger charge is 2.07. The molecule has 2 aromatic carbocycles. The molecule has 0 atom stereocenters. The van der Waals surface area contributed by atoms with Crippen molar-refractivity contribution in [1.29, 1.82) is 0 Å². The van der Waals surface area contributed by atoms with E-state index >= 15 is 0 Å². The molecule has 0 radical (unpaired) electrons. The Hall–Kier alpha value is -1.07. The molecule has 0 aliphatic heterocycles. The fraction of sp³-hybridized carbons (Fsp3) is 0. The van der Waals surface area contributed by atoms with Crippen LogP contribution in [0.25, 0.3) is 0 Å². The predicted octanol–water partition coefficient (Wildman–Crippen LogP) is 5.59. The van der Waals surface area contributed by atoms with Crippen molar-refractivity contribution in [3.63, 3.8) is 0 Å². The summed E-state index contributed by atoms with van der Waals surface area (Å²) < 4.78 is 12.8. The molecule has 0 saturated heterocycles. The molecule has 0 fully saturated rings. The molecule has 0 spiro atoms. The van der Waals surface area contributed by atoms with Crippen LogP contribution in [0.3, 0.4) is 0 Å². The van der Waals surface area contributed by atoms with Crippen LogP contribution in [0, 0.1) is 5.82 Å². The van der Waals surface area contributed by atoms with Crippen molar-refractivity contribution in [3.05, 3.63) is 57.3 Å². The van der Waals surface area contributed by atoms with Gasteiger partial charge in [-0.05, 0) is 48.6 Å². The maximum Gasteiger partial charge on any atom is 0.175 e. The van der Waals surface area contributed by atoms with Crippen molar-refractivity contribution in [3.8, 4) is 0 Å². The zero-order chi connectivity index (χ0) is 14.7. The first-order valence-corrected chi connectivity index (χ1v) is 6.98. The van der Waals surface area contributed by atoms with E-state index in [2.05, 4.69) is 10.6 Å². The van der Waals surface area contributed by atoms with Gasteiger partial charge >= 0.3 is 0 Å². The number of anilines is 2. The number of hydrogen-bond acceptors (Lipinski definition) is 1. The minimum atomic E-state index is -0.318. The monoisotopic (exact) mass is 348 g/mol. The normalized spacial score (nSPS) is 10.2. The van der Waals surface area contributed by atoms with Gasteiger partial charge in [-0.25, -0.2) is 4.39 Å². The van der Waals surface area contributed by atoms with E-state index in [-0.39, 0.29) is 5.82 Å². The van der Waals surface area contributed by atoms with E-state index in [0.717, 1.165) is 0 Å². The second-order valence-electron chi connectivity index (χ2n) is 3.83. The first-order valence-electron chi connectivity index (χ1n) is 5.44. The summed E-state index contributed by atoms with van der Waals surface area (Å²) in [6.45, 7) is 0. The zero-order valence-corrected chi connectivity index (χ0v) is 13.0. The summed E-state index contributed by atoms with van der Waals surface area (Å²) in [7, 11) is 0. The molecular formula is C13H8Cl3FN2S. The molecule has 2 rings (SSSR count). The summed E-state index contributed by atoms with van der Waals surface area (Å²) in [5, 5.41) is 7.21. The Morgan fingerprint density at radius 1 is 0.900 bits per heavy atom. The lowest BCUT2D eigenvalue weighted by atomic mass is 10.3. The Kier molecular flexibility index (Phi) is 5.05. The molecule has 0 bridgehead atoms. The van der Waals surface area contributed by atoms with Crippen LogP contribution in [0.2, 0.25) is 15.1 Å². The van der Waals surface area contributed by atoms with Crippen LogP contribution in [0.5, 0.6) is 0 Å². The molecule has 0 aliphatic carbocycles. The zero-order valence-electron chi connectivity index (χ0n) is 9.88. The Morgan fingerprint density at radius 3 is 2.15 bits per heavy atom. The second kappa shape index (κ2) is 6.59. The molecule has 20 heavy (non-hydrogen) atoms. The van der Waals surface area contributed by atoms with Crippen LogP contribution in [0.4, 0.5) is 15.8 Å². The van der Waals surface area contributed by atoms with E-state index in [1.165, 1.54) is 18.2 Å². The summed E-state index contributed by atoms with van der Waals surface area (Å²) in [6, 6.07) is 8.90. The van der Waals surface area contributed by atoms with Crippen LogP contribution < -0.4 is 10.6 Å². The number of rotatable bonds is 2. The molecule has 0 heterocycles. The number of benzene rings is 2. The van der Waals surface area contributed by atoms with E-state index in [1.807, 2.05) is 0 Å². The lowest BCUT2D eigenvalue weighted by Gasteiger charge is -2.12. The Morgan fingerprint density at radius 2 is 1.50 bits per heavy atom. The minimum absolute atomic E-state index is 0.303. The standard InChI is InChI=1S/C13H8Cl3FN2S/c14-9-5-11(16)12(6-10(9)15)19-13(20)18-8-3-1-7(17)2-4-8/h1-6H,(H2,18,19,20). The first-order chi connectivity index (χ1) is 9.45. The molecular weight excluding hydrogens is 342 g/mol. The summed E-state index contributed by atoms with van der Waals surface area (Å²) in [4.78, 5) is 0. The molecule has 104 valence electrons. The second-order valence-corrected chi connectivity index (χ2v) is 5.46. The van der Waals surface area contributed by atoms with Crippen LogP contribution in [-0.2, 0) is 0 Å². The summed E-state index contributed by atoms with van der Waals surface area (Å²) >= 11 is 22.9. The lowest BCUT2D eigenvalue weighted by molar-refractivity contribution is 0.628. The molecule has 2 nitrogen and oxygen atoms in total. The molecule has 0 saturated carbocycles. The van der Waals surface area contributed by atoms with Crippen LogP contribution in [0.1, 0.15) is 0 Å². The van der Waals surface area contributed by atoms with Crippen molar-refractivity contribution in [1.82, 2.24) is 0 Å². The average molecular weight is 350 g/mol.